The molecular formula is C30H35F3N6O3S. The van der Waals surface area contributed by atoms with Gasteiger partial charge in [-0.1, -0.05) is 24.3 Å². The van der Waals surface area contributed by atoms with E-state index in [1.165, 1.54) is 0 Å². The molecule has 3 aromatic heterocycles. The summed E-state index contributed by atoms with van der Waals surface area (Å²) >= 11 is 1.05. The van der Waals surface area contributed by atoms with Gasteiger partial charge >= 0.3 is 6.18 Å². The van der Waals surface area contributed by atoms with Crippen molar-refractivity contribution in [2.45, 2.75) is 50.2 Å². The molecule has 0 bridgehead atoms. The third kappa shape index (κ3) is 6.94. The van der Waals surface area contributed by atoms with Crippen LogP contribution in [0.5, 0.6) is 11.6 Å². The van der Waals surface area contributed by atoms with Gasteiger partial charge in [-0.25, -0.2) is 9.97 Å². The van der Waals surface area contributed by atoms with Crippen molar-refractivity contribution in [1.29, 1.82) is 0 Å². The molecule has 1 fully saturated rings. The van der Waals surface area contributed by atoms with Crippen molar-refractivity contribution in [2.75, 3.05) is 45.6 Å². The zero-order valence-electron chi connectivity index (χ0n) is 24.7. The van der Waals surface area contributed by atoms with Crippen molar-refractivity contribution in [3.63, 3.8) is 0 Å². The molecule has 4 aromatic rings. The molecule has 5 rings (SSSR count). The lowest BCUT2D eigenvalue weighted by Gasteiger charge is -2.30. The summed E-state index contributed by atoms with van der Waals surface area (Å²) in [6.45, 7) is 0.676. The van der Waals surface area contributed by atoms with Crippen molar-refractivity contribution in [3.05, 3.63) is 53.0 Å². The lowest BCUT2D eigenvalue weighted by atomic mass is 10.1. The van der Waals surface area contributed by atoms with Crippen LogP contribution in [-0.4, -0.2) is 74.7 Å². The number of thiophene rings is 1. The van der Waals surface area contributed by atoms with Crippen LogP contribution >= 0.6 is 11.3 Å². The second kappa shape index (κ2) is 12.9. The van der Waals surface area contributed by atoms with E-state index in [9.17, 15) is 13.2 Å². The van der Waals surface area contributed by atoms with Gasteiger partial charge in [0.2, 0.25) is 5.95 Å². The first-order valence-corrected chi connectivity index (χ1v) is 14.6. The zero-order chi connectivity index (χ0) is 30.7. The summed E-state index contributed by atoms with van der Waals surface area (Å²) in [5, 5.41) is 7.21. The standard InChI is InChI=1S/C30H35F3N6O3S/c1-34-29-37-26(22-13-21(14-30(31,32)33)43-28(22)38-29)39(2)23-11-20(12-24(23)40-3)35-15-17-6-8-18(9-7-17)19-10-25(41-4)27(42-5)36-16-19/h6-10,13,16,20,23-24,35H,11-12,14-15H2,1-5H3,(H,34,37,38)/t20-,23+,24+/m1/s1. The first-order chi connectivity index (χ1) is 20.6. The fraction of sp³-hybridized carbons (Fsp3) is 0.433. The molecule has 230 valence electrons. The van der Waals surface area contributed by atoms with Crippen molar-refractivity contribution in [2.24, 2.45) is 0 Å². The molecule has 0 amide bonds. The lowest BCUT2D eigenvalue weighted by molar-refractivity contribution is -0.126. The summed E-state index contributed by atoms with van der Waals surface area (Å²) in [6.07, 6.45) is -2.04. The van der Waals surface area contributed by atoms with E-state index in [-0.39, 0.29) is 23.1 Å². The minimum absolute atomic E-state index is 0.0313. The Morgan fingerprint density at radius 3 is 2.44 bits per heavy atom. The van der Waals surface area contributed by atoms with Crippen LogP contribution in [0, 0.1) is 0 Å². The molecule has 1 aliphatic carbocycles. The number of nitrogens with zero attached hydrogens (tertiary/aromatic N) is 4. The molecule has 1 aromatic carbocycles. The van der Waals surface area contributed by atoms with E-state index in [4.69, 9.17) is 14.2 Å². The van der Waals surface area contributed by atoms with Gasteiger partial charge in [-0.2, -0.15) is 18.2 Å². The van der Waals surface area contributed by atoms with Crippen LogP contribution in [-0.2, 0) is 17.7 Å². The summed E-state index contributed by atoms with van der Waals surface area (Å²) in [5.74, 6) is 1.97. The Labute approximate surface area is 252 Å². The Morgan fingerprint density at radius 2 is 1.79 bits per heavy atom. The van der Waals surface area contributed by atoms with Gasteiger partial charge in [-0.3, -0.25) is 0 Å². The third-order valence-corrected chi connectivity index (χ3v) is 8.77. The molecule has 0 spiro atoms. The number of pyridine rings is 1. The topological polar surface area (TPSA) is 93.7 Å². The minimum atomic E-state index is -4.29. The number of hydrogen-bond acceptors (Lipinski definition) is 10. The van der Waals surface area contributed by atoms with Gasteiger partial charge < -0.3 is 29.7 Å². The summed E-state index contributed by atoms with van der Waals surface area (Å²) < 4.78 is 55.8. The highest BCUT2D eigenvalue weighted by atomic mass is 32.1. The minimum Gasteiger partial charge on any atom is -0.491 e. The van der Waals surface area contributed by atoms with Gasteiger partial charge in [0.15, 0.2) is 5.75 Å². The van der Waals surface area contributed by atoms with Crippen LogP contribution in [0.25, 0.3) is 21.3 Å². The summed E-state index contributed by atoms with van der Waals surface area (Å²) in [5.41, 5.74) is 3.08. The van der Waals surface area contributed by atoms with E-state index in [2.05, 4.69) is 49.9 Å². The Morgan fingerprint density at radius 1 is 1.02 bits per heavy atom. The van der Waals surface area contributed by atoms with Crippen LogP contribution in [0.15, 0.2) is 42.6 Å². The maximum atomic E-state index is 13.1. The van der Waals surface area contributed by atoms with Gasteiger partial charge in [-0.05, 0) is 36.1 Å². The Kier molecular flexibility index (Phi) is 9.23. The summed E-state index contributed by atoms with van der Waals surface area (Å²) in [7, 11) is 8.45. The third-order valence-electron chi connectivity index (χ3n) is 7.74. The second-order valence-electron chi connectivity index (χ2n) is 10.5. The largest absolute Gasteiger partial charge is 0.491 e. The molecule has 3 atom stereocenters. The maximum absolute atomic E-state index is 13.1. The second-order valence-corrected chi connectivity index (χ2v) is 11.6. The first kappa shape index (κ1) is 30.8. The average molecular weight is 617 g/mol. The van der Waals surface area contributed by atoms with Crippen molar-refractivity contribution < 1.29 is 27.4 Å². The number of rotatable bonds is 11. The van der Waals surface area contributed by atoms with Gasteiger partial charge in [0.05, 0.1) is 38.2 Å². The normalized spacial score (nSPS) is 18.7. The highest BCUT2D eigenvalue weighted by Gasteiger charge is 2.38. The van der Waals surface area contributed by atoms with E-state index in [1.807, 2.05) is 18.0 Å². The van der Waals surface area contributed by atoms with Gasteiger partial charge in [0.25, 0.3) is 5.88 Å². The smallest absolute Gasteiger partial charge is 0.393 e. The molecule has 2 N–H and O–H groups in total. The highest BCUT2D eigenvalue weighted by Crippen LogP contribution is 2.38. The number of likely N-dealkylation sites (N-methyl/N-ethyl adjacent to an activating group) is 1. The predicted octanol–water partition coefficient (Wildman–Crippen LogP) is 5.69. The quantitative estimate of drug-likeness (QED) is 0.221. The molecule has 1 saturated carbocycles. The lowest BCUT2D eigenvalue weighted by Crippen LogP contribution is -2.39. The fourth-order valence-electron chi connectivity index (χ4n) is 5.55. The van der Waals surface area contributed by atoms with E-state index < -0.39 is 12.6 Å². The van der Waals surface area contributed by atoms with Crippen molar-refractivity contribution in [1.82, 2.24) is 20.3 Å². The Hall–Kier alpha value is -3.68. The first-order valence-electron chi connectivity index (χ1n) is 13.8. The number of ether oxygens (including phenoxy) is 3. The van der Waals surface area contributed by atoms with Crippen LogP contribution in [0.1, 0.15) is 23.3 Å². The van der Waals surface area contributed by atoms with Crippen LogP contribution in [0.4, 0.5) is 24.9 Å². The summed E-state index contributed by atoms with van der Waals surface area (Å²) in [6, 6.07) is 11.9. The van der Waals surface area contributed by atoms with Crippen LogP contribution < -0.4 is 25.0 Å². The Bertz CT molecular complexity index is 1550. The number of halogens is 3. The number of aromatic nitrogens is 3. The molecule has 13 heteroatoms. The number of methoxy groups -OCH3 is 3. The number of nitrogens with one attached hydrogen (secondary N) is 2. The summed E-state index contributed by atoms with van der Waals surface area (Å²) in [4.78, 5) is 16.1. The van der Waals surface area contributed by atoms with E-state index in [1.54, 1.807) is 40.6 Å². The molecule has 9 nitrogen and oxygen atoms in total. The highest BCUT2D eigenvalue weighted by molar-refractivity contribution is 7.18. The fourth-order valence-corrected chi connectivity index (χ4v) is 6.60. The number of alkyl halides is 3. The molecular weight excluding hydrogens is 581 g/mol. The van der Waals surface area contributed by atoms with Crippen molar-refractivity contribution in [3.8, 4) is 22.8 Å². The molecule has 0 radical (unpaired) electrons. The van der Waals surface area contributed by atoms with E-state index in [0.717, 1.165) is 40.9 Å². The van der Waals surface area contributed by atoms with Gasteiger partial charge in [0, 0.05) is 50.4 Å². The maximum Gasteiger partial charge on any atom is 0.393 e. The molecule has 0 aliphatic heterocycles. The SMILES string of the molecule is CNc1nc(N(C)[C@H]2C[C@@H](NCc3ccc(-c4cnc(OC)c(OC)c4)cc3)C[C@@H]2OC)c2cc(CC(F)(F)F)sc2n1. The van der Waals surface area contributed by atoms with Crippen LogP contribution in [0.2, 0.25) is 0 Å². The molecule has 3 heterocycles. The average Bonchev–Trinajstić information content (AvgIpc) is 3.61. The van der Waals surface area contributed by atoms with Crippen molar-refractivity contribution >= 4 is 33.3 Å². The van der Waals surface area contributed by atoms with Crippen LogP contribution in [0.3, 0.4) is 0 Å². The zero-order valence-corrected chi connectivity index (χ0v) is 25.5. The van der Waals surface area contributed by atoms with E-state index in [0.29, 0.717) is 40.2 Å². The Balaban J connectivity index is 1.28. The number of hydrogen-bond donors (Lipinski definition) is 2. The molecule has 0 saturated heterocycles. The molecule has 1 aliphatic rings. The number of benzene rings is 1. The predicted molar refractivity (Wildman–Crippen MR) is 162 cm³/mol. The van der Waals surface area contributed by atoms with Gasteiger partial charge in [-0.15, -0.1) is 11.3 Å². The monoisotopic (exact) mass is 616 g/mol. The molecule has 0 unspecified atom stereocenters. The molecule has 43 heavy (non-hydrogen) atoms. The van der Waals surface area contributed by atoms with Gasteiger partial charge in [0.1, 0.15) is 10.6 Å². The number of fused-ring (bicyclic) bond motifs is 1. The van der Waals surface area contributed by atoms with E-state index >= 15 is 0 Å². The number of anilines is 2.